The first-order valence-electron chi connectivity index (χ1n) is 6.56. The molecule has 98 valence electrons. The molecule has 0 atom stereocenters. The first-order chi connectivity index (χ1) is 8.58. The summed E-state index contributed by atoms with van der Waals surface area (Å²) in [7, 11) is 0. The van der Waals surface area contributed by atoms with E-state index in [9.17, 15) is 0 Å². The summed E-state index contributed by atoms with van der Waals surface area (Å²) >= 11 is 1.91. The molecule has 18 heavy (non-hydrogen) atoms. The lowest BCUT2D eigenvalue weighted by atomic mass is 10.1. The van der Waals surface area contributed by atoms with Gasteiger partial charge in [0, 0.05) is 10.6 Å². The van der Waals surface area contributed by atoms with Gasteiger partial charge in [-0.2, -0.15) is 0 Å². The maximum Gasteiger partial charge on any atom is 0.0163 e. The average Bonchev–Trinajstić information content (AvgIpc) is 2.28. The molecule has 0 bridgehead atoms. The van der Waals surface area contributed by atoms with Crippen LogP contribution in [0.3, 0.4) is 0 Å². The van der Waals surface area contributed by atoms with Crippen LogP contribution in [0.15, 0.2) is 52.5 Å². The maximum absolute atomic E-state index is 2.35. The fraction of sp³-hybridized carbons (Fsp3) is 0.412. The highest BCUT2D eigenvalue weighted by Crippen LogP contribution is 2.20. The molecule has 0 aliphatic carbocycles. The second kappa shape index (κ2) is 8.20. The van der Waals surface area contributed by atoms with Crippen LogP contribution in [-0.2, 0) is 0 Å². The SMILES string of the molecule is CC(C)=CCC/C(C)=C/CSc1cccc(C)c1. The van der Waals surface area contributed by atoms with Crippen molar-refractivity contribution in [1.82, 2.24) is 0 Å². The number of aryl methyl sites for hydroxylation is 1. The molecule has 0 amide bonds. The molecule has 0 nitrogen and oxygen atoms in total. The summed E-state index contributed by atoms with van der Waals surface area (Å²) in [6.45, 7) is 8.69. The molecule has 0 heterocycles. The van der Waals surface area contributed by atoms with Crippen molar-refractivity contribution in [2.45, 2.75) is 45.4 Å². The first-order valence-corrected chi connectivity index (χ1v) is 7.55. The van der Waals surface area contributed by atoms with Crippen LogP contribution in [-0.4, -0.2) is 5.75 Å². The Balaban J connectivity index is 2.33. The summed E-state index contributed by atoms with van der Waals surface area (Å²) < 4.78 is 0. The van der Waals surface area contributed by atoms with Crippen molar-refractivity contribution < 1.29 is 0 Å². The van der Waals surface area contributed by atoms with Gasteiger partial charge in [-0.15, -0.1) is 11.8 Å². The smallest absolute Gasteiger partial charge is 0.0163 e. The molecule has 1 aromatic carbocycles. The van der Waals surface area contributed by atoms with Gasteiger partial charge < -0.3 is 0 Å². The van der Waals surface area contributed by atoms with E-state index in [-0.39, 0.29) is 0 Å². The second-order valence-corrected chi connectivity index (χ2v) is 6.09. The van der Waals surface area contributed by atoms with Crippen LogP contribution in [0.5, 0.6) is 0 Å². The van der Waals surface area contributed by atoms with E-state index in [2.05, 4.69) is 64.1 Å². The van der Waals surface area contributed by atoms with E-state index in [1.807, 2.05) is 11.8 Å². The number of hydrogen-bond acceptors (Lipinski definition) is 1. The molecule has 0 saturated heterocycles. The van der Waals surface area contributed by atoms with Gasteiger partial charge in [0.1, 0.15) is 0 Å². The van der Waals surface area contributed by atoms with Gasteiger partial charge in [0.2, 0.25) is 0 Å². The lowest BCUT2D eigenvalue weighted by Gasteiger charge is -2.02. The van der Waals surface area contributed by atoms with Crippen molar-refractivity contribution in [3.63, 3.8) is 0 Å². The Morgan fingerprint density at radius 2 is 1.94 bits per heavy atom. The minimum atomic E-state index is 1.07. The highest BCUT2D eigenvalue weighted by molar-refractivity contribution is 7.99. The molecule has 0 N–H and O–H groups in total. The number of thioether (sulfide) groups is 1. The highest BCUT2D eigenvalue weighted by Gasteiger charge is 1.93. The Kier molecular flexibility index (Phi) is 6.89. The predicted octanol–water partition coefficient (Wildman–Crippen LogP) is 5.78. The topological polar surface area (TPSA) is 0 Å². The van der Waals surface area contributed by atoms with Crippen LogP contribution in [0.4, 0.5) is 0 Å². The summed E-state index contributed by atoms with van der Waals surface area (Å²) in [6, 6.07) is 8.70. The number of allylic oxidation sites excluding steroid dienone is 3. The monoisotopic (exact) mass is 260 g/mol. The Bertz CT molecular complexity index is 423. The van der Waals surface area contributed by atoms with Crippen molar-refractivity contribution in [2.75, 3.05) is 5.75 Å². The highest BCUT2D eigenvalue weighted by atomic mass is 32.2. The van der Waals surface area contributed by atoms with Crippen LogP contribution >= 0.6 is 11.8 Å². The third kappa shape index (κ3) is 6.70. The molecule has 1 rings (SSSR count). The Morgan fingerprint density at radius 3 is 2.61 bits per heavy atom. The molecule has 1 aromatic rings. The summed E-state index contributed by atoms with van der Waals surface area (Å²) in [5, 5.41) is 0. The molecule has 0 radical (unpaired) electrons. The van der Waals surface area contributed by atoms with Crippen LogP contribution in [0, 0.1) is 6.92 Å². The van der Waals surface area contributed by atoms with Gasteiger partial charge >= 0.3 is 0 Å². The van der Waals surface area contributed by atoms with Crippen LogP contribution in [0.2, 0.25) is 0 Å². The Labute approximate surface area is 116 Å². The van der Waals surface area contributed by atoms with E-state index in [1.54, 1.807) is 0 Å². The quantitative estimate of drug-likeness (QED) is 0.461. The Hall–Kier alpha value is -0.950. The molecule has 0 saturated carbocycles. The number of hydrogen-bond donors (Lipinski definition) is 0. The minimum absolute atomic E-state index is 1.07. The summed E-state index contributed by atoms with van der Waals surface area (Å²) in [6.07, 6.45) is 7.01. The van der Waals surface area contributed by atoms with E-state index >= 15 is 0 Å². The van der Waals surface area contributed by atoms with Gasteiger partial charge in [-0.3, -0.25) is 0 Å². The molecule has 0 spiro atoms. The molecule has 1 heteroatoms. The average molecular weight is 260 g/mol. The van der Waals surface area contributed by atoms with Gasteiger partial charge in [-0.1, -0.05) is 41.0 Å². The van der Waals surface area contributed by atoms with Gasteiger partial charge in [0.25, 0.3) is 0 Å². The van der Waals surface area contributed by atoms with Gasteiger partial charge in [-0.25, -0.2) is 0 Å². The zero-order valence-electron chi connectivity index (χ0n) is 12.0. The third-order valence-electron chi connectivity index (χ3n) is 2.76. The third-order valence-corrected chi connectivity index (χ3v) is 3.68. The van der Waals surface area contributed by atoms with Crippen LogP contribution in [0.1, 0.15) is 39.2 Å². The van der Waals surface area contributed by atoms with Crippen molar-refractivity contribution in [2.24, 2.45) is 0 Å². The van der Waals surface area contributed by atoms with Crippen LogP contribution in [0.25, 0.3) is 0 Å². The lowest BCUT2D eigenvalue weighted by Crippen LogP contribution is -1.81. The second-order valence-electron chi connectivity index (χ2n) is 5.00. The van der Waals surface area contributed by atoms with Crippen LogP contribution < -0.4 is 0 Å². The van der Waals surface area contributed by atoms with Crippen molar-refractivity contribution in [3.05, 3.63) is 53.1 Å². The van der Waals surface area contributed by atoms with E-state index < -0.39 is 0 Å². The lowest BCUT2D eigenvalue weighted by molar-refractivity contribution is 0.964. The standard InChI is InChI=1S/C17H24S/c1-14(2)7-5-8-15(3)11-12-18-17-10-6-9-16(4)13-17/h6-7,9-11,13H,5,8,12H2,1-4H3/b15-11+. The van der Waals surface area contributed by atoms with Crippen molar-refractivity contribution >= 4 is 11.8 Å². The minimum Gasteiger partial charge on any atom is -0.122 e. The zero-order chi connectivity index (χ0) is 13.4. The summed E-state index contributed by atoms with van der Waals surface area (Å²) in [5.41, 5.74) is 4.24. The predicted molar refractivity (Wildman–Crippen MR) is 84.3 cm³/mol. The molecule has 0 aromatic heterocycles. The largest absolute Gasteiger partial charge is 0.122 e. The molecule has 0 unspecified atom stereocenters. The van der Waals surface area contributed by atoms with E-state index in [0.717, 1.165) is 5.75 Å². The van der Waals surface area contributed by atoms with Gasteiger partial charge in [0.15, 0.2) is 0 Å². The van der Waals surface area contributed by atoms with Gasteiger partial charge in [-0.05, 0) is 52.7 Å². The fourth-order valence-corrected chi connectivity index (χ4v) is 2.68. The molecule has 0 aliphatic rings. The van der Waals surface area contributed by atoms with Crippen molar-refractivity contribution in [1.29, 1.82) is 0 Å². The molecule has 0 fully saturated rings. The summed E-state index contributed by atoms with van der Waals surface area (Å²) in [4.78, 5) is 1.36. The number of rotatable bonds is 6. The zero-order valence-corrected chi connectivity index (χ0v) is 12.8. The maximum atomic E-state index is 2.35. The first kappa shape index (κ1) is 15.1. The normalized spacial score (nSPS) is 11.4. The van der Waals surface area contributed by atoms with Gasteiger partial charge in [0.05, 0.1) is 0 Å². The van der Waals surface area contributed by atoms with Crippen molar-refractivity contribution in [3.8, 4) is 0 Å². The molecule has 0 aliphatic heterocycles. The van der Waals surface area contributed by atoms with E-state index in [4.69, 9.17) is 0 Å². The van der Waals surface area contributed by atoms with E-state index in [1.165, 1.54) is 34.4 Å². The van der Waals surface area contributed by atoms with E-state index in [0.29, 0.717) is 0 Å². The summed E-state index contributed by atoms with van der Waals surface area (Å²) in [5.74, 6) is 1.07. The molecular weight excluding hydrogens is 236 g/mol. The number of benzene rings is 1. The Morgan fingerprint density at radius 1 is 1.17 bits per heavy atom. The fourth-order valence-electron chi connectivity index (χ4n) is 1.68. The molecular formula is C17H24S.